The van der Waals surface area contributed by atoms with Gasteiger partial charge >= 0.3 is 0 Å². The van der Waals surface area contributed by atoms with E-state index in [1.807, 2.05) is 23.1 Å². The summed E-state index contributed by atoms with van der Waals surface area (Å²) in [6, 6.07) is 10.4. The highest BCUT2D eigenvalue weighted by Gasteiger charge is 1.95. The Kier molecular flexibility index (Phi) is 6.92. The average Bonchev–Trinajstić information content (AvgIpc) is 2.48. The molecular formula is C14H14N2S3. The van der Waals surface area contributed by atoms with E-state index in [9.17, 15) is 0 Å². The van der Waals surface area contributed by atoms with Crippen LogP contribution in [0.2, 0.25) is 0 Å². The lowest BCUT2D eigenvalue weighted by molar-refractivity contribution is 1.10. The minimum atomic E-state index is 0.897. The maximum absolute atomic E-state index is 4.23. The molecule has 0 bridgehead atoms. The fraction of sp³-hybridized carbons (Fsp3) is 0.143. The molecule has 0 atom stereocenters. The van der Waals surface area contributed by atoms with Gasteiger partial charge in [-0.2, -0.15) is 0 Å². The summed E-state index contributed by atoms with van der Waals surface area (Å²) < 4.78 is 0. The molecule has 0 aliphatic carbocycles. The zero-order valence-electron chi connectivity index (χ0n) is 10.3. The van der Waals surface area contributed by atoms with Crippen LogP contribution in [-0.2, 0) is 5.75 Å². The van der Waals surface area contributed by atoms with Crippen molar-refractivity contribution in [2.24, 2.45) is 0 Å². The molecule has 0 aliphatic rings. The second kappa shape index (κ2) is 9.07. The number of nitrogens with zero attached hydrogens (tertiary/aromatic N) is 2. The molecule has 2 rings (SSSR count). The van der Waals surface area contributed by atoms with Crippen molar-refractivity contribution in [3.05, 3.63) is 66.3 Å². The van der Waals surface area contributed by atoms with Crippen LogP contribution < -0.4 is 0 Å². The van der Waals surface area contributed by atoms with Crippen LogP contribution >= 0.6 is 31.4 Å². The largest absolute Gasteiger partial charge is 0.261 e. The van der Waals surface area contributed by atoms with Crippen LogP contribution in [0.3, 0.4) is 0 Å². The van der Waals surface area contributed by atoms with Crippen molar-refractivity contribution in [3.63, 3.8) is 0 Å². The highest BCUT2D eigenvalue weighted by Crippen LogP contribution is 2.36. The van der Waals surface area contributed by atoms with Gasteiger partial charge in [-0.15, -0.1) is 0 Å². The van der Waals surface area contributed by atoms with Crippen LogP contribution in [-0.4, -0.2) is 15.7 Å². The van der Waals surface area contributed by atoms with Gasteiger partial charge in [-0.25, -0.2) is 0 Å². The molecule has 0 spiro atoms. The maximum Gasteiger partial charge on any atom is 0.0694 e. The average molecular weight is 306 g/mol. The van der Waals surface area contributed by atoms with Crippen LogP contribution in [0.25, 0.3) is 6.08 Å². The van der Waals surface area contributed by atoms with Crippen molar-refractivity contribution < 1.29 is 0 Å². The Bertz CT molecular complexity index is 489. The normalized spacial score (nSPS) is 10.9. The topological polar surface area (TPSA) is 25.8 Å². The second-order valence-electron chi connectivity index (χ2n) is 3.62. The molecule has 0 amide bonds. The molecule has 0 aliphatic heterocycles. The molecule has 0 radical (unpaired) electrons. The summed E-state index contributed by atoms with van der Waals surface area (Å²) in [6.45, 7) is 0. The second-order valence-corrected chi connectivity index (χ2v) is 7.90. The molecule has 19 heavy (non-hydrogen) atoms. The molecule has 1 aromatic heterocycles. The summed E-state index contributed by atoms with van der Waals surface area (Å²) in [4.78, 5) is 8.28. The van der Waals surface area contributed by atoms with Crippen molar-refractivity contribution in [3.8, 4) is 0 Å². The summed E-state index contributed by atoms with van der Waals surface area (Å²) in [7, 11) is 5.43. The summed E-state index contributed by atoms with van der Waals surface area (Å²) in [6.07, 6.45) is 9.59. The lowest BCUT2D eigenvalue weighted by Crippen LogP contribution is -1.84. The summed E-state index contributed by atoms with van der Waals surface area (Å²) in [5.41, 5.74) is 2.28. The molecule has 0 unspecified atom stereocenters. The molecule has 1 aromatic carbocycles. The first-order chi connectivity index (χ1) is 9.45. The molecule has 2 nitrogen and oxygen atoms in total. The Morgan fingerprint density at radius 3 is 2.74 bits per heavy atom. The minimum Gasteiger partial charge on any atom is -0.261 e. The Morgan fingerprint density at radius 1 is 1.05 bits per heavy atom. The molecular weight excluding hydrogens is 292 g/mol. The maximum atomic E-state index is 4.23. The van der Waals surface area contributed by atoms with E-state index < -0.39 is 0 Å². The number of benzene rings is 1. The zero-order chi connectivity index (χ0) is 13.2. The van der Waals surface area contributed by atoms with Crippen LogP contribution in [0.1, 0.15) is 11.3 Å². The van der Waals surface area contributed by atoms with Gasteiger partial charge in [-0.1, -0.05) is 64.1 Å². The Hall–Kier alpha value is -0.910. The van der Waals surface area contributed by atoms with Gasteiger partial charge in [-0.05, 0) is 15.4 Å². The number of hydrogen-bond donors (Lipinski definition) is 0. The fourth-order valence-electron chi connectivity index (χ4n) is 1.34. The predicted octanol–water partition coefficient (Wildman–Crippen LogP) is 4.72. The highest BCUT2D eigenvalue weighted by molar-refractivity contribution is 9.09. The van der Waals surface area contributed by atoms with E-state index in [4.69, 9.17) is 0 Å². The first-order valence-electron chi connectivity index (χ1n) is 5.83. The predicted molar refractivity (Wildman–Crippen MR) is 88.9 cm³/mol. The first kappa shape index (κ1) is 14.5. The van der Waals surface area contributed by atoms with Gasteiger partial charge < -0.3 is 0 Å². The number of hydrogen-bond acceptors (Lipinski definition) is 5. The first-order valence-corrected chi connectivity index (χ1v) is 9.65. The van der Waals surface area contributed by atoms with Gasteiger partial charge in [0.1, 0.15) is 0 Å². The molecule has 0 N–H and O–H groups in total. The van der Waals surface area contributed by atoms with Crippen molar-refractivity contribution in [2.75, 3.05) is 5.75 Å². The monoisotopic (exact) mass is 306 g/mol. The van der Waals surface area contributed by atoms with Crippen molar-refractivity contribution in [2.45, 2.75) is 5.75 Å². The smallest absolute Gasteiger partial charge is 0.0694 e. The molecule has 0 saturated carbocycles. The Labute approximate surface area is 125 Å². The molecule has 0 saturated heterocycles. The van der Waals surface area contributed by atoms with E-state index in [1.54, 1.807) is 33.0 Å². The molecule has 2 aromatic rings. The van der Waals surface area contributed by atoms with Gasteiger partial charge in [0.2, 0.25) is 0 Å². The number of rotatable bonds is 7. The van der Waals surface area contributed by atoms with Crippen LogP contribution in [0.4, 0.5) is 0 Å². The third-order valence-corrected chi connectivity index (χ3v) is 6.20. The van der Waals surface area contributed by atoms with E-state index in [1.165, 1.54) is 5.56 Å². The third kappa shape index (κ3) is 6.18. The van der Waals surface area contributed by atoms with E-state index in [2.05, 4.69) is 46.4 Å². The molecule has 0 fully saturated rings. The highest BCUT2D eigenvalue weighted by atomic mass is 33.5. The van der Waals surface area contributed by atoms with Crippen molar-refractivity contribution in [1.29, 1.82) is 0 Å². The van der Waals surface area contributed by atoms with Crippen LogP contribution in [0.15, 0.2) is 55.0 Å². The van der Waals surface area contributed by atoms with Crippen LogP contribution in [0, 0.1) is 0 Å². The third-order valence-electron chi connectivity index (χ3n) is 2.19. The quantitative estimate of drug-likeness (QED) is 0.544. The minimum absolute atomic E-state index is 0.897. The Balaban J connectivity index is 1.56. The van der Waals surface area contributed by atoms with Crippen molar-refractivity contribution in [1.82, 2.24) is 9.97 Å². The summed E-state index contributed by atoms with van der Waals surface area (Å²) >= 11 is 0. The van der Waals surface area contributed by atoms with E-state index in [-0.39, 0.29) is 0 Å². The zero-order valence-corrected chi connectivity index (χ0v) is 12.8. The molecule has 5 heteroatoms. The van der Waals surface area contributed by atoms with Gasteiger partial charge in [0.05, 0.1) is 5.69 Å². The fourth-order valence-corrected chi connectivity index (χ4v) is 4.61. The van der Waals surface area contributed by atoms with Gasteiger partial charge in [0.15, 0.2) is 0 Å². The Morgan fingerprint density at radius 2 is 1.95 bits per heavy atom. The van der Waals surface area contributed by atoms with Crippen molar-refractivity contribution >= 4 is 37.5 Å². The van der Waals surface area contributed by atoms with Gasteiger partial charge in [0.25, 0.3) is 0 Å². The lowest BCUT2D eigenvalue weighted by Gasteiger charge is -1.98. The molecule has 98 valence electrons. The standard InChI is InChI=1S/C14H14N2S3/c1-2-5-13(6-3-1)7-4-10-17-19-18-12-14-11-15-8-9-16-14/h1-9,11H,10,12H2. The summed E-state index contributed by atoms with van der Waals surface area (Å²) in [5, 5.41) is 0. The van der Waals surface area contributed by atoms with E-state index in [0.29, 0.717) is 0 Å². The molecule has 1 heterocycles. The van der Waals surface area contributed by atoms with Gasteiger partial charge in [-0.3, -0.25) is 9.97 Å². The van der Waals surface area contributed by atoms with Gasteiger partial charge in [0, 0.05) is 30.1 Å². The number of aromatic nitrogens is 2. The van der Waals surface area contributed by atoms with E-state index >= 15 is 0 Å². The lowest BCUT2D eigenvalue weighted by atomic mass is 10.2. The van der Waals surface area contributed by atoms with Crippen LogP contribution in [0.5, 0.6) is 0 Å². The summed E-state index contributed by atoms with van der Waals surface area (Å²) in [5.74, 6) is 1.90. The van der Waals surface area contributed by atoms with E-state index in [0.717, 1.165) is 17.2 Å². The SMILES string of the molecule is C(=Cc1ccccc1)CSSSCc1cnccn1.